The lowest BCUT2D eigenvalue weighted by Gasteiger charge is -2.14. The molecule has 0 aliphatic carbocycles. The Morgan fingerprint density at radius 2 is 1.64 bits per heavy atom. The SMILES string of the molecule is CC(C)c1ccc(-c2c(C#N)c(N)nc(SCc3ccncc3)c2C#N)cc1. The molecule has 0 atom stereocenters. The van der Waals surface area contributed by atoms with Crippen LogP contribution in [0.25, 0.3) is 11.1 Å². The zero-order valence-corrected chi connectivity index (χ0v) is 16.5. The van der Waals surface area contributed by atoms with Crippen molar-refractivity contribution in [3.8, 4) is 23.3 Å². The van der Waals surface area contributed by atoms with E-state index in [-0.39, 0.29) is 11.4 Å². The minimum atomic E-state index is 0.140. The highest BCUT2D eigenvalue weighted by Crippen LogP contribution is 2.36. The number of pyridine rings is 2. The van der Waals surface area contributed by atoms with Gasteiger partial charge in [0.2, 0.25) is 0 Å². The molecule has 6 heteroatoms. The quantitative estimate of drug-likeness (QED) is 0.628. The molecule has 3 aromatic rings. The molecule has 2 N–H and O–H groups in total. The average molecular weight is 385 g/mol. The molecule has 0 amide bonds. The molecule has 0 radical (unpaired) electrons. The number of nitriles is 2. The first-order valence-electron chi connectivity index (χ1n) is 8.80. The van der Waals surface area contributed by atoms with Crippen molar-refractivity contribution in [3.05, 3.63) is 71.0 Å². The Hall–Kier alpha value is -3.35. The van der Waals surface area contributed by atoms with Gasteiger partial charge in [-0.3, -0.25) is 4.98 Å². The summed E-state index contributed by atoms with van der Waals surface area (Å²) in [5, 5.41) is 20.0. The van der Waals surface area contributed by atoms with Crippen LogP contribution in [0.5, 0.6) is 0 Å². The Morgan fingerprint density at radius 3 is 2.21 bits per heavy atom. The average Bonchev–Trinajstić information content (AvgIpc) is 2.72. The van der Waals surface area contributed by atoms with E-state index >= 15 is 0 Å². The molecule has 138 valence electrons. The maximum atomic E-state index is 9.85. The van der Waals surface area contributed by atoms with E-state index in [2.05, 4.69) is 36.0 Å². The van der Waals surface area contributed by atoms with E-state index in [1.807, 2.05) is 36.4 Å². The van der Waals surface area contributed by atoms with Gasteiger partial charge in [-0.25, -0.2) is 4.98 Å². The molecule has 3 rings (SSSR count). The van der Waals surface area contributed by atoms with Gasteiger partial charge in [-0.15, -0.1) is 11.8 Å². The normalized spacial score (nSPS) is 10.5. The number of thioether (sulfide) groups is 1. The predicted molar refractivity (Wildman–Crippen MR) is 111 cm³/mol. The monoisotopic (exact) mass is 385 g/mol. The van der Waals surface area contributed by atoms with Crippen molar-refractivity contribution < 1.29 is 0 Å². The third-order valence-electron chi connectivity index (χ3n) is 4.41. The van der Waals surface area contributed by atoms with E-state index in [1.165, 1.54) is 17.3 Å². The number of nitrogens with two attached hydrogens (primary N) is 1. The van der Waals surface area contributed by atoms with Crippen LogP contribution in [0.1, 0.15) is 42.0 Å². The lowest BCUT2D eigenvalue weighted by molar-refractivity contribution is 0.867. The molecule has 5 nitrogen and oxygen atoms in total. The first-order chi connectivity index (χ1) is 13.5. The molecule has 2 heterocycles. The fourth-order valence-corrected chi connectivity index (χ4v) is 3.81. The van der Waals surface area contributed by atoms with Gasteiger partial charge in [0.25, 0.3) is 0 Å². The highest BCUT2D eigenvalue weighted by molar-refractivity contribution is 7.98. The fraction of sp³-hybridized carbons (Fsp3) is 0.182. The zero-order valence-electron chi connectivity index (χ0n) is 15.7. The number of rotatable bonds is 5. The molecule has 0 fully saturated rings. The van der Waals surface area contributed by atoms with Gasteiger partial charge in [0.05, 0.1) is 5.56 Å². The van der Waals surface area contributed by atoms with Gasteiger partial charge in [-0.1, -0.05) is 38.1 Å². The minimum Gasteiger partial charge on any atom is -0.383 e. The second kappa shape index (κ2) is 8.56. The lowest BCUT2D eigenvalue weighted by Crippen LogP contribution is -2.03. The van der Waals surface area contributed by atoms with Crippen molar-refractivity contribution in [1.29, 1.82) is 10.5 Å². The Labute approximate surface area is 168 Å². The Balaban J connectivity index is 2.08. The molecule has 0 aliphatic rings. The van der Waals surface area contributed by atoms with Crippen LogP contribution in [0, 0.1) is 22.7 Å². The number of aromatic nitrogens is 2. The van der Waals surface area contributed by atoms with Crippen LogP contribution in [0.15, 0.2) is 53.8 Å². The number of anilines is 1. The molecule has 0 spiro atoms. The maximum Gasteiger partial charge on any atom is 0.143 e. The van der Waals surface area contributed by atoms with Crippen molar-refractivity contribution in [2.75, 3.05) is 5.73 Å². The summed E-state index contributed by atoms with van der Waals surface area (Å²) < 4.78 is 0. The van der Waals surface area contributed by atoms with Crippen molar-refractivity contribution in [3.63, 3.8) is 0 Å². The largest absolute Gasteiger partial charge is 0.383 e. The first kappa shape index (κ1) is 19.4. The number of benzene rings is 1. The third kappa shape index (κ3) is 3.98. The number of nitrogens with zero attached hydrogens (tertiary/aromatic N) is 4. The van der Waals surface area contributed by atoms with Crippen LogP contribution in [0.4, 0.5) is 5.82 Å². The molecular formula is C22H19N5S. The van der Waals surface area contributed by atoms with Gasteiger partial charge in [-0.05, 0) is 34.7 Å². The number of hydrogen-bond donors (Lipinski definition) is 1. The summed E-state index contributed by atoms with van der Waals surface area (Å²) in [5.41, 5.74) is 10.3. The summed E-state index contributed by atoms with van der Waals surface area (Å²) in [6.45, 7) is 4.24. The van der Waals surface area contributed by atoms with Gasteiger partial charge < -0.3 is 5.73 Å². The first-order valence-corrected chi connectivity index (χ1v) is 9.79. The van der Waals surface area contributed by atoms with Gasteiger partial charge in [0.1, 0.15) is 28.5 Å². The van der Waals surface area contributed by atoms with Gasteiger partial charge in [0, 0.05) is 23.7 Å². The van der Waals surface area contributed by atoms with E-state index in [0.29, 0.717) is 27.8 Å². The molecule has 0 unspecified atom stereocenters. The van der Waals surface area contributed by atoms with E-state index in [0.717, 1.165) is 11.1 Å². The summed E-state index contributed by atoms with van der Waals surface area (Å²) in [4.78, 5) is 8.35. The molecule has 0 aliphatic heterocycles. The van der Waals surface area contributed by atoms with Crippen molar-refractivity contribution in [2.24, 2.45) is 0 Å². The topological polar surface area (TPSA) is 99.4 Å². The Morgan fingerprint density at radius 1 is 1.00 bits per heavy atom. The van der Waals surface area contributed by atoms with Crippen LogP contribution >= 0.6 is 11.8 Å². The predicted octanol–water partition coefficient (Wildman–Crippen LogP) is 4.88. The van der Waals surface area contributed by atoms with Crippen LogP contribution in [-0.4, -0.2) is 9.97 Å². The summed E-state index contributed by atoms with van der Waals surface area (Å²) >= 11 is 1.42. The van der Waals surface area contributed by atoms with Crippen molar-refractivity contribution in [1.82, 2.24) is 9.97 Å². The standard InChI is InChI=1S/C22H19N5S/c1-14(2)16-3-5-17(6-4-16)20-18(11-23)21(25)27-22(19(20)12-24)28-13-15-7-9-26-10-8-15/h3-10,14H,13H2,1-2H3,(H2,25,27). The lowest BCUT2D eigenvalue weighted by atomic mass is 9.94. The highest BCUT2D eigenvalue weighted by Gasteiger charge is 2.20. The summed E-state index contributed by atoms with van der Waals surface area (Å²) in [6.07, 6.45) is 3.45. The second-order valence-corrected chi connectivity index (χ2v) is 7.54. The van der Waals surface area contributed by atoms with Gasteiger partial charge >= 0.3 is 0 Å². The van der Waals surface area contributed by atoms with E-state index in [4.69, 9.17) is 5.73 Å². The second-order valence-electron chi connectivity index (χ2n) is 6.57. The maximum absolute atomic E-state index is 9.85. The summed E-state index contributed by atoms with van der Waals surface area (Å²) in [7, 11) is 0. The summed E-state index contributed by atoms with van der Waals surface area (Å²) in [6, 6.07) is 16.1. The summed E-state index contributed by atoms with van der Waals surface area (Å²) in [5.74, 6) is 1.16. The van der Waals surface area contributed by atoms with Gasteiger partial charge in [0.15, 0.2) is 0 Å². The molecule has 28 heavy (non-hydrogen) atoms. The van der Waals surface area contributed by atoms with E-state index < -0.39 is 0 Å². The van der Waals surface area contributed by atoms with Crippen LogP contribution in [0.3, 0.4) is 0 Å². The number of nitrogen functional groups attached to an aromatic ring is 1. The molecule has 0 saturated heterocycles. The smallest absolute Gasteiger partial charge is 0.143 e. The molecule has 0 saturated carbocycles. The highest BCUT2D eigenvalue weighted by atomic mass is 32.2. The minimum absolute atomic E-state index is 0.140. The Kier molecular flexibility index (Phi) is 5.93. The van der Waals surface area contributed by atoms with Crippen molar-refractivity contribution >= 4 is 17.6 Å². The van der Waals surface area contributed by atoms with Crippen LogP contribution in [-0.2, 0) is 5.75 Å². The molecule has 1 aromatic carbocycles. The fourth-order valence-electron chi connectivity index (χ4n) is 2.86. The van der Waals surface area contributed by atoms with E-state index in [9.17, 15) is 10.5 Å². The van der Waals surface area contributed by atoms with Crippen LogP contribution < -0.4 is 5.73 Å². The molecule has 2 aromatic heterocycles. The molecular weight excluding hydrogens is 366 g/mol. The zero-order chi connectivity index (χ0) is 20.1. The van der Waals surface area contributed by atoms with E-state index in [1.54, 1.807) is 12.4 Å². The number of hydrogen-bond acceptors (Lipinski definition) is 6. The van der Waals surface area contributed by atoms with Crippen LogP contribution in [0.2, 0.25) is 0 Å². The van der Waals surface area contributed by atoms with Gasteiger partial charge in [-0.2, -0.15) is 10.5 Å². The Bertz CT molecular complexity index is 1060. The molecule has 0 bridgehead atoms. The third-order valence-corrected chi connectivity index (χ3v) is 5.45. The van der Waals surface area contributed by atoms with Crippen molar-refractivity contribution in [2.45, 2.75) is 30.5 Å².